The van der Waals surface area contributed by atoms with Crippen molar-refractivity contribution in [2.45, 2.75) is 12.5 Å². The molecule has 0 aliphatic carbocycles. The number of aryl methyl sites for hydroxylation is 1. The standard InChI is InChI=1S/C25H22N2/c1-20-17-18-26-24(19-20)27-25(21-11-5-2-6-12-21,22-13-7-3-8-14-22)23-15-9-4-10-16-23/h2-19H,1H3,(H,26,27). The molecule has 0 aliphatic rings. The van der Waals surface area contributed by atoms with Crippen molar-refractivity contribution in [3.05, 3.63) is 132 Å². The zero-order chi connectivity index (χ0) is 18.5. The number of nitrogens with one attached hydrogen (secondary N) is 1. The van der Waals surface area contributed by atoms with Crippen molar-refractivity contribution in [2.24, 2.45) is 0 Å². The van der Waals surface area contributed by atoms with Gasteiger partial charge < -0.3 is 5.32 Å². The fourth-order valence-corrected chi connectivity index (χ4v) is 3.58. The van der Waals surface area contributed by atoms with Crippen molar-refractivity contribution in [1.29, 1.82) is 0 Å². The molecule has 0 atom stereocenters. The van der Waals surface area contributed by atoms with E-state index >= 15 is 0 Å². The quantitative estimate of drug-likeness (QED) is 0.461. The lowest BCUT2D eigenvalue weighted by atomic mass is 9.77. The third-order valence-corrected chi connectivity index (χ3v) is 4.85. The van der Waals surface area contributed by atoms with Gasteiger partial charge in [-0.15, -0.1) is 0 Å². The second-order valence-electron chi connectivity index (χ2n) is 6.69. The summed E-state index contributed by atoms with van der Waals surface area (Å²) in [5, 5.41) is 3.77. The fourth-order valence-electron chi connectivity index (χ4n) is 3.58. The van der Waals surface area contributed by atoms with Crippen molar-refractivity contribution in [1.82, 2.24) is 4.98 Å². The number of hydrogen-bond acceptors (Lipinski definition) is 2. The minimum Gasteiger partial charge on any atom is -0.353 e. The second-order valence-corrected chi connectivity index (χ2v) is 6.69. The van der Waals surface area contributed by atoms with Crippen LogP contribution in [0.1, 0.15) is 22.3 Å². The van der Waals surface area contributed by atoms with Gasteiger partial charge in [0, 0.05) is 6.20 Å². The van der Waals surface area contributed by atoms with Crippen LogP contribution in [-0.2, 0) is 5.54 Å². The molecule has 4 aromatic rings. The molecule has 3 aromatic carbocycles. The first kappa shape index (κ1) is 17.0. The highest BCUT2D eigenvalue weighted by atomic mass is 15.1. The van der Waals surface area contributed by atoms with E-state index in [0.29, 0.717) is 0 Å². The van der Waals surface area contributed by atoms with Gasteiger partial charge in [-0.25, -0.2) is 4.98 Å². The molecule has 1 aromatic heterocycles. The van der Waals surface area contributed by atoms with E-state index in [2.05, 4.69) is 114 Å². The fraction of sp³-hybridized carbons (Fsp3) is 0.0800. The van der Waals surface area contributed by atoms with E-state index in [9.17, 15) is 0 Å². The van der Waals surface area contributed by atoms with E-state index in [4.69, 9.17) is 0 Å². The van der Waals surface area contributed by atoms with Gasteiger partial charge in [-0.2, -0.15) is 0 Å². The highest BCUT2D eigenvalue weighted by molar-refractivity contribution is 5.58. The van der Waals surface area contributed by atoms with Gasteiger partial charge in [0.05, 0.1) is 0 Å². The van der Waals surface area contributed by atoms with Crippen LogP contribution in [0, 0.1) is 6.92 Å². The first-order chi connectivity index (χ1) is 13.3. The summed E-state index contributed by atoms with van der Waals surface area (Å²) in [4.78, 5) is 4.59. The average Bonchev–Trinajstić information content (AvgIpc) is 2.74. The predicted octanol–water partition coefficient (Wildman–Crippen LogP) is 5.79. The molecule has 4 rings (SSSR count). The van der Waals surface area contributed by atoms with Gasteiger partial charge >= 0.3 is 0 Å². The summed E-state index contributed by atoms with van der Waals surface area (Å²) < 4.78 is 0. The van der Waals surface area contributed by atoms with E-state index in [1.54, 1.807) is 0 Å². The lowest BCUT2D eigenvalue weighted by Gasteiger charge is -2.37. The highest BCUT2D eigenvalue weighted by Gasteiger charge is 2.36. The van der Waals surface area contributed by atoms with Crippen molar-refractivity contribution in [2.75, 3.05) is 5.32 Å². The molecule has 0 saturated carbocycles. The molecular weight excluding hydrogens is 328 g/mol. The first-order valence-corrected chi connectivity index (χ1v) is 9.16. The number of pyridine rings is 1. The smallest absolute Gasteiger partial charge is 0.127 e. The molecule has 1 heterocycles. The van der Waals surface area contributed by atoms with Gasteiger partial charge in [0.1, 0.15) is 11.4 Å². The molecule has 2 nitrogen and oxygen atoms in total. The summed E-state index contributed by atoms with van der Waals surface area (Å²) in [5.41, 5.74) is 4.16. The Balaban J connectivity index is 2.00. The Kier molecular flexibility index (Phi) is 4.71. The van der Waals surface area contributed by atoms with Crippen molar-refractivity contribution in [3.63, 3.8) is 0 Å². The van der Waals surface area contributed by atoms with E-state index in [1.807, 2.05) is 12.3 Å². The van der Waals surface area contributed by atoms with Gasteiger partial charge in [0.2, 0.25) is 0 Å². The van der Waals surface area contributed by atoms with Gasteiger partial charge in [0.25, 0.3) is 0 Å². The highest BCUT2D eigenvalue weighted by Crippen LogP contribution is 2.39. The molecule has 132 valence electrons. The number of aromatic nitrogens is 1. The molecule has 0 radical (unpaired) electrons. The number of benzene rings is 3. The Morgan fingerprint density at radius 3 is 1.48 bits per heavy atom. The Bertz CT molecular complexity index is 899. The van der Waals surface area contributed by atoms with Crippen molar-refractivity contribution < 1.29 is 0 Å². The molecule has 0 amide bonds. The Labute approximate surface area is 160 Å². The molecule has 0 fully saturated rings. The van der Waals surface area contributed by atoms with Crippen LogP contribution in [-0.4, -0.2) is 4.98 Å². The third-order valence-electron chi connectivity index (χ3n) is 4.85. The first-order valence-electron chi connectivity index (χ1n) is 9.16. The Morgan fingerprint density at radius 1 is 0.630 bits per heavy atom. The van der Waals surface area contributed by atoms with Crippen LogP contribution in [0.4, 0.5) is 5.82 Å². The van der Waals surface area contributed by atoms with Crippen LogP contribution in [0.15, 0.2) is 109 Å². The molecule has 0 saturated heterocycles. The molecule has 0 unspecified atom stereocenters. The number of rotatable bonds is 5. The molecule has 27 heavy (non-hydrogen) atoms. The predicted molar refractivity (Wildman–Crippen MR) is 112 cm³/mol. The van der Waals surface area contributed by atoms with Gasteiger partial charge in [0.15, 0.2) is 0 Å². The third kappa shape index (κ3) is 3.34. The van der Waals surface area contributed by atoms with E-state index in [0.717, 1.165) is 5.82 Å². The molecule has 0 aliphatic heterocycles. The maximum absolute atomic E-state index is 4.59. The van der Waals surface area contributed by atoms with Crippen LogP contribution < -0.4 is 5.32 Å². The van der Waals surface area contributed by atoms with E-state index in [-0.39, 0.29) is 0 Å². The average molecular weight is 350 g/mol. The van der Waals surface area contributed by atoms with Crippen LogP contribution in [0.3, 0.4) is 0 Å². The van der Waals surface area contributed by atoms with Crippen LogP contribution in [0.2, 0.25) is 0 Å². The topological polar surface area (TPSA) is 24.9 Å². The lowest BCUT2D eigenvalue weighted by Crippen LogP contribution is -2.38. The van der Waals surface area contributed by atoms with Crippen LogP contribution in [0.25, 0.3) is 0 Å². The molecule has 0 bridgehead atoms. The maximum Gasteiger partial charge on any atom is 0.127 e. The maximum atomic E-state index is 4.59. The van der Waals surface area contributed by atoms with Crippen molar-refractivity contribution in [3.8, 4) is 0 Å². The SMILES string of the molecule is Cc1ccnc(NC(c2ccccc2)(c2ccccc2)c2ccccc2)c1. The van der Waals surface area contributed by atoms with Crippen LogP contribution >= 0.6 is 0 Å². The zero-order valence-corrected chi connectivity index (χ0v) is 15.3. The molecule has 1 N–H and O–H groups in total. The number of nitrogens with zero attached hydrogens (tertiary/aromatic N) is 1. The summed E-state index contributed by atoms with van der Waals surface area (Å²) in [7, 11) is 0. The Hall–Kier alpha value is -3.39. The molecular formula is C25H22N2. The number of anilines is 1. The molecule has 2 heteroatoms. The van der Waals surface area contributed by atoms with Gasteiger partial charge in [-0.3, -0.25) is 0 Å². The van der Waals surface area contributed by atoms with Crippen molar-refractivity contribution >= 4 is 5.82 Å². The normalized spacial score (nSPS) is 11.1. The second kappa shape index (κ2) is 7.46. The summed E-state index contributed by atoms with van der Waals surface area (Å²) in [6.07, 6.45) is 1.85. The van der Waals surface area contributed by atoms with Gasteiger partial charge in [-0.05, 0) is 41.3 Å². The monoisotopic (exact) mass is 350 g/mol. The van der Waals surface area contributed by atoms with Gasteiger partial charge in [-0.1, -0.05) is 91.0 Å². The minimum atomic E-state index is -0.537. The zero-order valence-electron chi connectivity index (χ0n) is 15.3. The lowest BCUT2D eigenvalue weighted by molar-refractivity contribution is 0.706. The van der Waals surface area contributed by atoms with Crippen LogP contribution in [0.5, 0.6) is 0 Å². The summed E-state index contributed by atoms with van der Waals surface area (Å²) >= 11 is 0. The summed E-state index contributed by atoms with van der Waals surface area (Å²) in [6, 6.07) is 35.8. The summed E-state index contributed by atoms with van der Waals surface area (Å²) in [5.74, 6) is 0.853. The largest absolute Gasteiger partial charge is 0.353 e. The minimum absolute atomic E-state index is 0.537. The summed E-state index contributed by atoms with van der Waals surface area (Å²) in [6.45, 7) is 2.09. The number of hydrogen-bond donors (Lipinski definition) is 1. The Morgan fingerprint density at radius 2 is 1.07 bits per heavy atom. The van der Waals surface area contributed by atoms with E-state index < -0.39 is 5.54 Å². The molecule has 0 spiro atoms. The van der Waals surface area contributed by atoms with E-state index in [1.165, 1.54) is 22.3 Å².